The van der Waals surface area contributed by atoms with E-state index in [1.807, 2.05) is 26.0 Å². The van der Waals surface area contributed by atoms with Gasteiger partial charge in [0.05, 0.1) is 0 Å². The van der Waals surface area contributed by atoms with Gasteiger partial charge in [0, 0.05) is 27.7 Å². The maximum Gasteiger partial charge on any atom is 0.231 e. The van der Waals surface area contributed by atoms with Gasteiger partial charge in [-0.2, -0.15) is 15.0 Å². The van der Waals surface area contributed by atoms with Crippen molar-refractivity contribution in [2.24, 2.45) is 5.92 Å². The maximum atomic E-state index is 5.70. The van der Waals surface area contributed by atoms with Gasteiger partial charge >= 0.3 is 0 Å². The number of hydrogen-bond donors (Lipinski definition) is 1. The van der Waals surface area contributed by atoms with Crippen molar-refractivity contribution in [1.82, 2.24) is 15.0 Å². The second-order valence-corrected chi connectivity index (χ2v) is 4.87. The molecule has 1 aliphatic rings. The number of nitrogens with two attached hydrogens (primary N) is 1. The van der Waals surface area contributed by atoms with Gasteiger partial charge in [0.25, 0.3) is 0 Å². The second-order valence-electron chi connectivity index (χ2n) is 4.87. The SMILES string of the molecule is CN(C)c1nc(N)nc(N(C)CC2CCC2)n1. The van der Waals surface area contributed by atoms with E-state index in [0.717, 1.165) is 12.5 Å². The fourth-order valence-electron chi connectivity index (χ4n) is 1.88. The van der Waals surface area contributed by atoms with E-state index in [1.54, 1.807) is 0 Å². The summed E-state index contributed by atoms with van der Waals surface area (Å²) in [4.78, 5) is 16.6. The molecule has 6 heteroatoms. The highest BCUT2D eigenvalue weighted by molar-refractivity contribution is 5.42. The molecule has 0 aromatic carbocycles. The molecule has 0 amide bonds. The summed E-state index contributed by atoms with van der Waals surface area (Å²) in [5, 5.41) is 0. The van der Waals surface area contributed by atoms with E-state index in [1.165, 1.54) is 19.3 Å². The highest BCUT2D eigenvalue weighted by Gasteiger charge is 2.20. The Balaban J connectivity index is 2.12. The Morgan fingerprint density at radius 2 is 1.76 bits per heavy atom. The van der Waals surface area contributed by atoms with Gasteiger partial charge in [-0.25, -0.2) is 0 Å². The Morgan fingerprint density at radius 1 is 1.12 bits per heavy atom. The summed E-state index contributed by atoms with van der Waals surface area (Å²) in [5.74, 6) is 2.32. The average molecular weight is 236 g/mol. The molecule has 0 spiro atoms. The highest BCUT2D eigenvalue weighted by Crippen LogP contribution is 2.27. The van der Waals surface area contributed by atoms with Crippen molar-refractivity contribution in [2.45, 2.75) is 19.3 Å². The molecule has 0 atom stereocenters. The summed E-state index contributed by atoms with van der Waals surface area (Å²) in [6.07, 6.45) is 3.97. The Morgan fingerprint density at radius 3 is 2.29 bits per heavy atom. The van der Waals surface area contributed by atoms with Gasteiger partial charge in [0.2, 0.25) is 17.8 Å². The zero-order valence-electron chi connectivity index (χ0n) is 10.7. The van der Waals surface area contributed by atoms with Gasteiger partial charge in [-0.3, -0.25) is 0 Å². The van der Waals surface area contributed by atoms with Crippen molar-refractivity contribution in [3.8, 4) is 0 Å². The van der Waals surface area contributed by atoms with Crippen LogP contribution in [0.1, 0.15) is 19.3 Å². The van der Waals surface area contributed by atoms with Crippen LogP contribution < -0.4 is 15.5 Å². The van der Waals surface area contributed by atoms with Gasteiger partial charge in [-0.1, -0.05) is 6.42 Å². The number of hydrogen-bond acceptors (Lipinski definition) is 6. The first-order valence-corrected chi connectivity index (χ1v) is 5.96. The topological polar surface area (TPSA) is 71.2 Å². The Labute approximate surface area is 102 Å². The predicted molar refractivity (Wildman–Crippen MR) is 69.2 cm³/mol. The minimum Gasteiger partial charge on any atom is -0.368 e. The fourth-order valence-corrected chi connectivity index (χ4v) is 1.88. The minimum absolute atomic E-state index is 0.277. The fraction of sp³-hybridized carbons (Fsp3) is 0.727. The molecule has 94 valence electrons. The Bertz CT molecular complexity index is 388. The average Bonchev–Trinajstić information content (AvgIpc) is 2.22. The molecule has 0 aliphatic heterocycles. The van der Waals surface area contributed by atoms with E-state index in [0.29, 0.717) is 11.9 Å². The molecule has 1 aromatic rings. The summed E-state index contributed by atoms with van der Waals surface area (Å²) < 4.78 is 0. The summed E-state index contributed by atoms with van der Waals surface area (Å²) >= 11 is 0. The number of nitrogen functional groups attached to an aromatic ring is 1. The first-order chi connectivity index (χ1) is 8.06. The lowest BCUT2D eigenvalue weighted by Crippen LogP contribution is -2.31. The summed E-state index contributed by atoms with van der Waals surface area (Å²) in [6.45, 7) is 0.996. The van der Waals surface area contributed by atoms with Crippen LogP contribution in [-0.4, -0.2) is 42.6 Å². The standard InChI is InChI=1S/C11H20N6/c1-16(2)10-13-9(12)14-11(15-10)17(3)7-8-5-4-6-8/h8H,4-7H2,1-3H3,(H2,12,13,14,15). The Kier molecular flexibility index (Phi) is 3.31. The summed E-state index contributed by atoms with van der Waals surface area (Å²) in [5.41, 5.74) is 5.70. The molecule has 6 nitrogen and oxygen atoms in total. The van der Waals surface area contributed by atoms with Gasteiger partial charge < -0.3 is 15.5 Å². The molecule has 0 bridgehead atoms. The van der Waals surface area contributed by atoms with Crippen LogP contribution in [0.15, 0.2) is 0 Å². The Hall–Kier alpha value is -1.59. The summed E-state index contributed by atoms with van der Waals surface area (Å²) in [7, 11) is 5.79. The van der Waals surface area contributed by atoms with Crippen molar-refractivity contribution in [3.05, 3.63) is 0 Å². The molecule has 1 aromatic heterocycles. The lowest BCUT2D eigenvalue weighted by Gasteiger charge is -2.30. The van der Waals surface area contributed by atoms with Crippen molar-refractivity contribution in [3.63, 3.8) is 0 Å². The van der Waals surface area contributed by atoms with Crippen LogP contribution in [0, 0.1) is 5.92 Å². The molecule has 1 heterocycles. The molecule has 0 unspecified atom stereocenters. The first kappa shape index (κ1) is 11.9. The van der Waals surface area contributed by atoms with Crippen LogP contribution >= 0.6 is 0 Å². The predicted octanol–water partition coefficient (Wildman–Crippen LogP) is 0.756. The molecule has 1 aliphatic carbocycles. The largest absolute Gasteiger partial charge is 0.368 e. The smallest absolute Gasteiger partial charge is 0.231 e. The summed E-state index contributed by atoms with van der Waals surface area (Å²) in [6, 6.07) is 0. The third-order valence-electron chi connectivity index (χ3n) is 3.13. The molecular weight excluding hydrogens is 216 g/mol. The van der Waals surface area contributed by atoms with E-state index < -0.39 is 0 Å². The molecular formula is C11H20N6. The van der Waals surface area contributed by atoms with Crippen molar-refractivity contribution >= 4 is 17.8 Å². The van der Waals surface area contributed by atoms with E-state index in [4.69, 9.17) is 5.73 Å². The van der Waals surface area contributed by atoms with Crippen molar-refractivity contribution < 1.29 is 0 Å². The maximum absolute atomic E-state index is 5.70. The van der Waals surface area contributed by atoms with Crippen LogP contribution in [0.3, 0.4) is 0 Å². The quantitative estimate of drug-likeness (QED) is 0.832. The molecule has 0 radical (unpaired) electrons. The van der Waals surface area contributed by atoms with Gasteiger partial charge in [-0.15, -0.1) is 0 Å². The minimum atomic E-state index is 0.277. The van der Waals surface area contributed by atoms with Gasteiger partial charge in [0.15, 0.2) is 0 Å². The number of nitrogens with zero attached hydrogens (tertiary/aromatic N) is 5. The van der Waals surface area contributed by atoms with Crippen LogP contribution in [-0.2, 0) is 0 Å². The normalized spacial score (nSPS) is 15.5. The molecule has 2 rings (SSSR count). The van der Waals surface area contributed by atoms with E-state index in [-0.39, 0.29) is 5.95 Å². The molecule has 17 heavy (non-hydrogen) atoms. The second kappa shape index (κ2) is 4.73. The third kappa shape index (κ3) is 2.75. The van der Waals surface area contributed by atoms with E-state index in [2.05, 4.69) is 19.9 Å². The van der Waals surface area contributed by atoms with Crippen LogP contribution in [0.25, 0.3) is 0 Å². The van der Waals surface area contributed by atoms with Crippen LogP contribution in [0.4, 0.5) is 17.8 Å². The van der Waals surface area contributed by atoms with Crippen LogP contribution in [0.2, 0.25) is 0 Å². The van der Waals surface area contributed by atoms with E-state index in [9.17, 15) is 0 Å². The number of rotatable bonds is 4. The van der Waals surface area contributed by atoms with Crippen molar-refractivity contribution in [1.29, 1.82) is 0 Å². The van der Waals surface area contributed by atoms with Crippen LogP contribution in [0.5, 0.6) is 0 Å². The molecule has 1 fully saturated rings. The molecule has 0 saturated heterocycles. The van der Waals surface area contributed by atoms with Gasteiger partial charge in [-0.05, 0) is 18.8 Å². The number of anilines is 3. The third-order valence-corrected chi connectivity index (χ3v) is 3.13. The number of aromatic nitrogens is 3. The highest BCUT2D eigenvalue weighted by atomic mass is 15.3. The first-order valence-electron chi connectivity index (χ1n) is 5.96. The lowest BCUT2D eigenvalue weighted by molar-refractivity contribution is 0.320. The zero-order valence-corrected chi connectivity index (χ0v) is 10.7. The monoisotopic (exact) mass is 236 g/mol. The molecule has 2 N–H and O–H groups in total. The van der Waals surface area contributed by atoms with E-state index >= 15 is 0 Å². The zero-order chi connectivity index (χ0) is 12.4. The lowest BCUT2D eigenvalue weighted by atomic mass is 9.85. The van der Waals surface area contributed by atoms with Crippen molar-refractivity contribution in [2.75, 3.05) is 43.2 Å². The molecule has 1 saturated carbocycles. The van der Waals surface area contributed by atoms with Gasteiger partial charge in [0.1, 0.15) is 0 Å².